The molecule has 0 unspecified atom stereocenters. The molecule has 0 aromatic carbocycles. The zero-order valence-corrected chi connectivity index (χ0v) is 12.0. The molecule has 1 fully saturated rings. The van der Waals surface area contributed by atoms with Crippen molar-refractivity contribution in [1.82, 2.24) is 12.9 Å². The molecule has 0 spiro atoms. The van der Waals surface area contributed by atoms with Gasteiger partial charge in [-0.05, 0) is 6.92 Å². The molecule has 102 valence electrons. The Morgan fingerprint density at radius 2 is 1.35 bits per heavy atom. The number of hydrogen-bond donors (Lipinski definition) is 0. The number of piperazine rings is 1. The lowest BCUT2D eigenvalue weighted by molar-refractivity contribution is 0.263. The maximum Gasteiger partial charge on any atom is 0.281 e. The van der Waals surface area contributed by atoms with Crippen LogP contribution in [0.2, 0.25) is 0 Å². The van der Waals surface area contributed by atoms with Gasteiger partial charge < -0.3 is 0 Å². The lowest BCUT2D eigenvalue weighted by Crippen LogP contribution is -2.53. The molecule has 0 saturated carbocycles. The Balaban J connectivity index is 2.70. The lowest BCUT2D eigenvalue weighted by atomic mass is 10.4. The molecule has 0 N–H and O–H groups in total. The third-order valence-electron chi connectivity index (χ3n) is 2.74. The summed E-state index contributed by atoms with van der Waals surface area (Å²) in [6.07, 6.45) is 0. The van der Waals surface area contributed by atoms with Crippen LogP contribution in [0.15, 0.2) is 0 Å². The van der Waals surface area contributed by atoms with Gasteiger partial charge in [0.1, 0.15) is 0 Å². The molecule has 0 amide bonds. The first-order valence-electron chi connectivity index (χ1n) is 5.37. The monoisotopic (exact) mass is 285 g/mol. The molecule has 1 aliphatic rings. The van der Waals surface area contributed by atoms with Gasteiger partial charge in [0.05, 0.1) is 5.75 Å². The average molecular weight is 285 g/mol. The van der Waals surface area contributed by atoms with Crippen molar-refractivity contribution in [2.75, 3.05) is 46.0 Å². The van der Waals surface area contributed by atoms with Crippen molar-refractivity contribution in [3.8, 4) is 0 Å². The lowest BCUT2D eigenvalue weighted by Gasteiger charge is -2.34. The van der Waals surface area contributed by atoms with E-state index in [4.69, 9.17) is 0 Å². The van der Waals surface area contributed by atoms with Crippen LogP contribution in [0, 0.1) is 0 Å². The molecule has 7 nitrogen and oxygen atoms in total. The van der Waals surface area contributed by atoms with Gasteiger partial charge in [0.25, 0.3) is 10.2 Å². The summed E-state index contributed by atoms with van der Waals surface area (Å²) in [5.41, 5.74) is 0. The van der Waals surface area contributed by atoms with E-state index in [-0.39, 0.29) is 31.9 Å². The maximum atomic E-state index is 11.8. The Morgan fingerprint density at radius 3 is 1.71 bits per heavy atom. The standard InChI is InChI=1S/C8H19N3O4S2/c1-4-16(12,13)10-5-7-11(8-6-10)17(14,15)9(2)3/h4-8H2,1-3H3. The second-order valence-electron chi connectivity index (χ2n) is 3.99. The van der Waals surface area contributed by atoms with Crippen LogP contribution in [0.4, 0.5) is 0 Å². The maximum absolute atomic E-state index is 11.8. The summed E-state index contributed by atoms with van der Waals surface area (Å²) in [6, 6.07) is 0. The van der Waals surface area contributed by atoms with Crippen LogP contribution in [0.5, 0.6) is 0 Å². The normalized spacial score (nSPS) is 20.9. The van der Waals surface area contributed by atoms with Gasteiger partial charge in [0, 0.05) is 40.3 Å². The molecule has 0 aromatic rings. The topological polar surface area (TPSA) is 78.0 Å². The zero-order valence-electron chi connectivity index (χ0n) is 10.3. The second-order valence-corrected chi connectivity index (χ2v) is 8.39. The van der Waals surface area contributed by atoms with E-state index in [0.29, 0.717) is 0 Å². The molecule has 0 bridgehead atoms. The largest absolute Gasteiger partial charge is 0.281 e. The smallest absolute Gasteiger partial charge is 0.212 e. The van der Waals surface area contributed by atoms with Gasteiger partial charge in [0.2, 0.25) is 10.0 Å². The first-order chi connectivity index (χ1) is 7.71. The zero-order chi connectivity index (χ0) is 13.3. The fraction of sp³-hybridized carbons (Fsp3) is 1.00. The van der Waals surface area contributed by atoms with Gasteiger partial charge in [-0.2, -0.15) is 21.3 Å². The van der Waals surface area contributed by atoms with Crippen LogP contribution < -0.4 is 0 Å². The minimum Gasteiger partial charge on any atom is -0.212 e. The van der Waals surface area contributed by atoms with Crippen molar-refractivity contribution >= 4 is 20.2 Å². The SMILES string of the molecule is CCS(=O)(=O)N1CCN(S(=O)(=O)N(C)C)CC1. The fourth-order valence-corrected chi connectivity index (χ4v) is 3.76. The van der Waals surface area contributed by atoms with Gasteiger partial charge in [-0.25, -0.2) is 8.42 Å². The van der Waals surface area contributed by atoms with Gasteiger partial charge in [-0.15, -0.1) is 0 Å². The van der Waals surface area contributed by atoms with Crippen molar-refractivity contribution in [3.05, 3.63) is 0 Å². The minimum atomic E-state index is -3.43. The van der Waals surface area contributed by atoms with Gasteiger partial charge in [0.15, 0.2) is 0 Å². The summed E-state index contributed by atoms with van der Waals surface area (Å²) in [7, 11) is -3.72. The fourth-order valence-electron chi connectivity index (χ4n) is 1.59. The van der Waals surface area contributed by atoms with E-state index in [0.717, 1.165) is 4.31 Å². The van der Waals surface area contributed by atoms with Gasteiger partial charge in [-0.1, -0.05) is 0 Å². The van der Waals surface area contributed by atoms with E-state index in [1.54, 1.807) is 6.92 Å². The number of rotatable bonds is 4. The highest BCUT2D eigenvalue weighted by Gasteiger charge is 2.32. The third kappa shape index (κ3) is 3.16. The number of sulfonamides is 1. The highest BCUT2D eigenvalue weighted by atomic mass is 32.2. The quantitative estimate of drug-likeness (QED) is 0.647. The Kier molecular flexibility index (Phi) is 4.53. The first-order valence-corrected chi connectivity index (χ1v) is 8.38. The van der Waals surface area contributed by atoms with E-state index in [9.17, 15) is 16.8 Å². The molecule has 17 heavy (non-hydrogen) atoms. The van der Waals surface area contributed by atoms with Crippen LogP contribution in [0.1, 0.15) is 6.92 Å². The molecule has 1 heterocycles. The molecule has 1 rings (SSSR count). The van der Waals surface area contributed by atoms with Gasteiger partial charge in [-0.3, -0.25) is 0 Å². The molecule has 0 aromatic heterocycles. The molecule has 0 aliphatic carbocycles. The Labute approximate surface area is 103 Å². The molecule has 1 aliphatic heterocycles. The molecule has 0 radical (unpaired) electrons. The molecular formula is C8H19N3O4S2. The summed E-state index contributed by atoms with van der Waals surface area (Å²) in [6.45, 7) is 2.45. The van der Waals surface area contributed by atoms with Crippen LogP contribution in [0.3, 0.4) is 0 Å². The van der Waals surface area contributed by atoms with E-state index in [1.165, 1.54) is 22.7 Å². The van der Waals surface area contributed by atoms with Crippen LogP contribution in [0.25, 0.3) is 0 Å². The van der Waals surface area contributed by atoms with Crippen molar-refractivity contribution in [2.24, 2.45) is 0 Å². The van der Waals surface area contributed by atoms with E-state index >= 15 is 0 Å². The van der Waals surface area contributed by atoms with E-state index < -0.39 is 20.2 Å². The number of nitrogens with zero attached hydrogens (tertiary/aromatic N) is 3. The summed E-state index contributed by atoms with van der Waals surface area (Å²) >= 11 is 0. The van der Waals surface area contributed by atoms with Crippen molar-refractivity contribution < 1.29 is 16.8 Å². The second kappa shape index (κ2) is 5.19. The number of hydrogen-bond acceptors (Lipinski definition) is 4. The van der Waals surface area contributed by atoms with Crippen LogP contribution in [-0.2, 0) is 20.2 Å². The summed E-state index contributed by atoms with van der Waals surface area (Å²) in [5.74, 6) is 0.0490. The predicted octanol–water partition coefficient (Wildman–Crippen LogP) is -1.24. The highest BCUT2D eigenvalue weighted by molar-refractivity contribution is 7.89. The summed E-state index contributed by atoms with van der Waals surface area (Å²) < 4.78 is 50.6. The summed E-state index contributed by atoms with van der Waals surface area (Å²) in [5, 5.41) is 0. The highest BCUT2D eigenvalue weighted by Crippen LogP contribution is 2.12. The van der Waals surface area contributed by atoms with Crippen molar-refractivity contribution in [1.29, 1.82) is 0 Å². The Morgan fingerprint density at radius 1 is 0.941 bits per heavy atom. The van der Waals surface area contributed by atoms with Gasteiger partial charge >= 0.3 is 0 Å². The molecule has 9 heteroatoms. The van der Waals surface area contributed by atoms with E-state index in [2.05, 4.69) is 0 Å². The predicted molar refractivity (Wildman–Crippen MR) is 65.2 cm³/mol. The molecular weight excluding hydrogens is 266 g/mol. The third-order valence-corrected chi connectivity index (χ3v) is 6.57. The summed E-state index contributed by atoms with van der Waals surface area (Å²) in [4.78, 5) is 0. The first kappa shape index (κ1) is 14.8. The van der Waals surface area contributed by atoms with Crippen molar-refractivity contribution in [2.45, 2.75) is 6.92 Å². The minimum absolute atomic E-state index is 0.0490. The molecule has 0 atom stereocenters. The van der Waals surface area contributed by atoms with Crippen molar-refractivity contribution in [3.63, 3.8) is 0 Å². The van der Waals surface area contributed by atoms with E-state index in [1.807, 2.05) is 0 Å². The average Bonchev–Trinajstić information content (AvgIpc) is 2.29. The van der Waals surface area contributed by atoms with Crippen LogP contribution in [-0.4, -0.2) is 75.8 Å². The Bertz CT molecular complexity index is 449. The van der Waals surface area contributed by atoms with Crippen LogP contribution >= 0.6 is 0 Å². The molecule has 1 saturated heterocycles. The Hall–Kier alpha value is -0.220.